The Balaban J connectivity index is 3.01. The van der Waals surface area contributed by atoms with Crippen molar-refractivity contribution in [2.24, 2.45) is 11.8 Å². The van der Waals surface area contributed by atoms with Crippen LogP contribution in [0.5, 0.6) is 0 Å². The molecule has 0 saturated heterocycles. The van der Waals surface area contributed by atoms with Crippen LogP contribution >= 0.6 is 0 Å². The van der Waals surface area contributed by atoms with E-state index in [2.05, 4.69) is 20.4 Å². The fourth-order valence-electron chi connectivity index (χ4n) is 3.19. The number of aliphatic hydroxyl groups is 3. The van der Waals surface area contributed by atoms with E-state index in [1.165, 1.54) is 0 Å². The van der Waals surface area contributed by atoms with Gasteiger partial charge in [0.25, 0.3) is 0 Å². The third-order valence-corrected chi connectivity index (χ3v) is 4.92. The molecule has 0 bridgehead atoms. The topological polar surface area (TPSA) is 77.8 Å². The molecule has 4 unspecified atom stereocenters. The van der Waals surface area contributed by atoms with Gasteiger partial charge in [-0.05, 0) is 56.9 Å². The van der Waals surface area contributed by atoms with Crippen LogP contribution < -0.4 is 0 Å². The third-order valence-electron chi connectivity index (χ3n) is 4.92. The molecule has 1 rings (SSSR count). The summed E-state index contributed by atoms with van der Waals surface area (Å²) in [7, 11) is 0. The second kappa shape index (κ2) is 8.41. The van der Waals surface area contributed by atoms with Gasteiger partial charge in [-0.1, -0.05) is 32.6 Å². The van der Waals surface area contributed by atoms with Crippen LogP contribution in [0.1, 0.15) is 66.2 Å². The van der Waals surface area contributed by atoms with Crippen molar-refractivity contribution in [1.82, 2.24) is 0 Å². The van der Waals surface area contributed by atoms with Crippen molar-refractivity contribution in [1.29, 1.82) is 0 Å². The van der Waals surface area contributed by atoms with Gasteiger partial charge in [-0.3, -0.25) is 4.79 Å². The first kappa shape index (κ1) is 21.1. The van der Waals surface area contributed by atoms with Crippen LogP contribution in [0.4, 0.5) is 0 Å². The fraction of sp³-hybridized carbons (Fsp3) is 0.750. The number of ketones is 1. The van der Waals surface area contributed by atoms with Crippen molar-refractivity contribution in [2.45, 2.75) is 83.5 Å². The van der Waals surface area contributed by atoms with E-state index in [4.69, 9.17) is 0 Å². The molecule has 0 spiro atoms. The van der Waals surface area contributed by atoms with Crippen molar-refractivity contribution in [3.05, 3.63) is 24.3 Å². The molecule has 0 aromatic rings. The van der Waals surface area contributed by atoms with E-state index in [1.54, 1.807) is 19.9 Å². The molecule has 0 aromatic carbocycles. The van der Waals surface area contributed by atoms with Crippen molar-refractivity contribution >= 4 is 5.78 Å². The Morgan fingerprint density at radius 3 is 2.42 bits per heavy atom. The van der Waals surface area contributed by atoms with Crippen LogP contribution in [-0.2, 0) is 4.79 Å². The van der Waals surface area contributed by atoms with Crippen LogP contribution in [0, 0.1) is 11.8 Å². The maximum atomic E-state index is 12.2. The standard InChI is InChI=1S/C20H34O4/c1-14(2)16-7-6-15(3)18(22)9-11-20(5,24)13-17(21)12-19(4,23)10-8-16/h8,10,14,16,18,22-24H,3,6-7,9,11-13H2,1-2,4-5H3. The number of hydrogen-bond donors (Lipinski definition) is 3. The van der Waals surface area contributed by atoms with Gasteiger partial charge >= 0.3 is 0 Å². The number of carbonyl (C=O) groups is 1. The molecule has 0 heterocycles. The number of aliphatic hydroxyl groups excluding tert-OH is 1. The monoisotopic (exact) mass is 338 g/mol. The first-order valence-corrected chi connectivity index (χ1v) is 8.93. The van der Waals surface area contributed by atoms with Gasteiger partial charge in [0.05, 0.1) is 17.3 Å². The summed E-state index contributed by atoms with van der Waals surface area (Å²) in [5.41, 5.74) is -1.62. The zero-order chi connectivity index (χ0) is 18.5. The van der Waals surface area contributed by atoms with E-state index in [0.717, 1.165) is 12.0 Å². The van der Waals surface area contributed by atoms with Gasteiger partial charge in [0.2, 0.25) is 0 Å². The van der Waals surface area contributed by atoms with Crippen LogP contribution in [0.2, 0.25) is 0 Å². The lowest BCUT2D eigenvalue weighted by atomic mass is 9.83. The summed E-state index contributed by atoms with van der Waals surface area (Å²) in [4.78, 5) is 12.2. The molecule has 0 saturated carbocycles. The first-order valence-electron chi connectivity index (χ1n) is 8.93. The van der Waals surface area contributed by atoms with E-state index >= 15 is 0 Å². The van der Waals surface area contributed by atoms with Crippen molar-refractivity contribution in [3.8, 4) is 0 Å². The van der Waals surface area contributed by atoms with Crippen LogP contribution in [0.15, 0.2) is 24.3 Å². The lowest BCUT2D eigenvalue weighted by Gasteiger charge is -2.28. The summed E-state index contributed by atoms with van der Waals surface area (Å²) in [5, 5.41) is 31.1. The number of hydrogen-bond acceptors (Lipinski definition) is 4. The zero-order valence-electron chi connectivity index (χ0n) is 15.6. The van der Waals surface area contributed by atoms with Crippen LogP contribution in [0.3, 0.4) is 0 Å². The zero-order valence-corrected chi connectivity index (χ0v) is 15.6. The lowest BCUT2D eigenvalue weighted by molar-refractivity contribution is -0.126. The summed E-state index contributed by atoms with van der Waals surface area (Å²) in [5.74, 6) is 0.467. The second-order valence-corrected chi connectivity index (χ2v) is 8.26. The minimum absolute atomic E-state index is 0.0142. The Morgan fingerprint density at radius 2 is 1.83 bits per heavy atom. The molecule has 0 fully saturated rings. The summed E-state index contributed by atoms with van der Waals surface area (Å²) >= 11 is 0. The smallest absolute Gasteiger partial charge is 0.138 e. The van der Waals surface area contributed by atoms with Crippen molar-refractivity contribution in [3.63, 3.8) is 0 Å². The maximum Gasteiger partial charge on any atom is 0.138 e. The molecule has 0 radical (unpaired) electrons. The van der Waals surface area contributed by atoms with Gasteiger partial charge < -0.3 is 15.3 Å². The Kier molecular flexibility index (Phi) is 7.39. The molecular weight excluding hydrogens is 304 g/mol. The number of carbonyl (C=O) groups excluding carboxylic acids is 1. The van der Waals surface area contributed by atoms with E-state index in [-0.39, 0.29) is 24.5 Å². The van der Waals surface area contributed by atoms with Gasteiger partial charge in [0.1, 0.15) is 5.78 Å². The van der Waals surface area contributed by atoms with Gasteiger partial charge in [0, 0.05) is 12.8 Å². The van der Waals surface area contributed by atoms with E-state index in [1.807, 2.05) is 6.08 Å². The SMILES string of the molecule is C=C1CCC(C(C)C)C=CC(C)(O)CC(=O)CC(C)(O)CCC1O. The Morgan fingerprint density at radius 1 is 1.21 bits per heavy atom. The molecule has 1 aliphatic rings. The minimum atomic E-state index is -1.21. The Bertz CT molecular complexity index is 474. The van der Waals surface area contributed by atoms with Gasteiger partial charge in [-0.25, -0.2) is 0 Å². The third kappa shape index (κ3) is 7.29. The quantitative estimate of drug-likeness (QED) is 0.642. The molecule has 0 aliphatic heterocycles. The molecule has 24 heavy (non-hydrogen) atoms. The van der Waals surface area contributed by atoms with E-state index < -0.39 is 17.3 Å². The molecular formula is C20H34O4. The minimum Gasteiger partial charge on any atom is -0.390 e. The second-order valence-electron chi connectivity index (χ2n) is 8.26. The van der Waals surface area contributed by atoms with Gasteiger partial charge in [0.15, 0.2) is 0 Å². The largest absolute Gasteiger partial charge is 0.390 e. The number of Topliss-reactive ketones (excluding diaryl/α,β-unsaturated/α-hetero) is 1. The fourth-order valence-corrected chi connectivity index (χ4v) is 3.19. The lowest BCUT2D eigenvalue weighted by Crippen LogP contribution is -2.33. The van der Waals surface area contributed by atoms with Gasteiger partial charge in [-0.2, -0.15) is 0 Å². The van der Waals surface area contributed by atoms with Crippen molar-refractivity contribution in [2.75, 3.05) is 0 Å². The molecule has 4 nitrogen and oxygen atoms in total. The summed E-state index contributed by atoms with van der Waals surface area (Å²) in [6.07, 6.45) is 5.24. The average molecular weight is 338 g/mol. The highest BCUT2D eigenvalue weighted by Crippen LogP contribution is 2.28. The Labute approximate surface area is 146 Å². The van der Waals surface area contributed by atoms with E-state index in [9.17, 15) is 20.1 Å². The van der Waals surface area contributed by atoms with Gasteiger partial charge in [-0.15, -0.1) is 0 Å². The van der Waals surface area contributed by atoms with Crippen molar-refractivity contribution < 1.29 is 20.1 Å². The number of allylic oxidation sites excluding steroid dienone is 1. The highest BCUT2D eigenvalue weighted by Gasteiger charge is 2.30. The maximum absolute atomic E-state index is 12.2. The molecule has 4 atom stereocenters. The molecule has 3 N–H and O–H groups in total. The first-order chi connectivity index (χ1) is 10.9. The molecule has 1 aliphatic carbocycles. The highest BCUT2D eigenvalue weighted by molar-refractivity contribution is 5.80. The Hall–Kier alpha value is -0.970. The summed E-state index contributed by atoms with van der Waals surface area (Å²) in [6, 6.07) is 0. The van der Waals surface area contributed by atoms with Crippen LogP contribution in [-0.4, -0.2) is 38.4 Å². The predicted octanol–water partition coefficient (Wildman–Crippen LogP) is 3.16. The predicted molar refractivity (Wildman–Crippen MR) is 96.6 cm³/mol. The summed E-state index contributed by atoms with van der Waals surface area (Å²) < 4.78 is 0. The molecule has 0 aromatic heterocycles. The number of rotatable bonds is 1. The molecule has 0 amide bonds. The normalized spacial score (nSPS) is 37.5. The highest BCUT2D eigenvalue weighted by atomic mass is 16.3. The van der Waals surface area contributed by atoms with Crippen LogP contribution in [0.25, 0.3) is 0 Å². The average Bonchev–Trinajstić information content (AvgIpc) is 2.41. The molecule has 138 valence electrons. The molecule has 4 heteroatoms. The summed E-state index contributed by atoms with van der Waals surface area (Å²) in [6.45, 7) is 11.4. The van der Waals surface area contributed by atoms with E-state index in [0.29, 0.717) is 25.2 Å².